The monoisotopic (exact) mass is 346 g/mol. The van der Waals surface area contributed by atoms with E-state index in [2.05, 4.69) is 14.8 Å². The summed E-state index contributed by atoms with van der Waals surface area (Å²) in [6, 6.07) is 0.755. The van der Waals surface area contributed by atoms with Crippen LogP contribution in [0.4, 0.5) is 0 Å². The number of rotatable bonds is 3. The number of nitrogens with zero attached hydrogens (tertiary/aromatic N) is 4. The summed E-state index contributed by atoms with van der Waals surface area (Å²) in [5.74, 6) is 1.05. The second-order valence-corrected chi connectivity index (χ2v) is 7.74. The summed E-state index contributed by atoms with van der Waals surface area (Å²) < 4.78 is 7.87. The van der Waals surface area contributed by atoms with E-state index in [9.17, 15) is 4.79 Å². The predicted molar refractivity (Wildman–Crippen MR) is 95.0 cm³/mol. The molecule has 1 saturated carbocycles. The standard InChI is InChI=1S/C19H30N4O2/c1-21-11-8-20-18(21)17-16(7-14-25-17)19(24)23-10-4-9-22(12-13-23)15-5-2-3-6-15/h8,11,15-17H,2-7,9-10,12-14H2,1H3/t16-,17-/m1/s1. The van der Waals surface area contributed by atoms with Crippen LogP contribution in [0.5, 0.6) is 0 Å². The quantitative estimate of drug-likeness (QED) is 0.840. The van der Waals surface area contributed by atoms with E-state index in [-0.39, 0.29) is 17.9 Å². The van der Waals surface area contributed by atoms with Crippen LogP contribution in [-0.2, 0) is 16.6 Å². The summed E-state index contributed by atoms with van der Waals surface area (Å²) in [4.78, 5) is 22.3. The molecule has 1 aromatic heterocycles. The molecule has 0 bridgehead atoms. The average Bonchev–Trinajstić information content (AvgIpc) is 3.34. The van der Waals surface area contributed by atoms with Crippen molar-refractivity contribution in [1.82, 2.24) is 19.4 Å². The van der Waals surface area contributed by atoms with Gasteiger partial charge < -0.3 is 14.2 Å². The Morgan fingerprint density at radius 2 is 1.96 bits per heavy atom. The second-order valence-electron chi connectivity index (χ2n) is 7.74. The maximum Gasteiger partial charge on any atom is 0.228 e. The first-order valence-electron chi connectivity index (χ1n) is 9.85. The van der Waals surface area contributed by atoms with Crippen molar-refractivity contribution in [2.24, 2.45) is 13.0 Å². The van der Waals surface area contributed by atoms with Crippen LogP contribution in [0.25, 0.3) is 0 Å². The largest absolute Gasteiger partial charge is 0.369 e. The van der Waals surface area contributed by atoms with Gasteiger partial charge in [-0.25, -0.2) is 4.98 Å². The molecular formula is C19H30N4O2. The van der Waals surface area contributed by atoms with E-state index in [1.54, 1.807) is 6.20 Å². The van der Waals surface area contributed by atoms with Gasteiger partial charge in [0.05, 0.1) is 5.92 Å². The molecule has 2 aliphatic heterocycles. The summed E-state index contributed by atoms with van der Waals surface area (Å²) in [7, 11) is 1.97. The Morgan fingerprint density at radius 3 is 2.72 bits per heavy atom. The lowest BCUT2D eigenvalue weighted by atomic mass is 9.99. The average molecular weight is 346 g/mol. The molecule has 6 heteroatoms. The summed E-state index contributed by atoms with van der Waals surface area (Å²) in [6.45, 7) is 4.55. The molecule has 3 fully saturated rings. The predicted octanol–water partition coefficient (Wildman–Crippen LogP) is 1.97. The van der Waals surface area contributed by atoms with E-state index in [1.165, 1.54) is 25.7 Å². The molecule has 3 aliphatic rings. The van der Waals surface area contributed by atoms with Crippen LogP contribution in [-0.4, -0.2) is 64.1 Å². The summed E-state index contributed by atoms with van der Waals surface area (Å²) in [5.41, 5.74) is 0. The third-order valence-corrected chi connectivity index (χ3v) is 6.21. The number of hydrogen-bond acceptors (Lipinski definition) is 4. The number of aromatic nitrogens is 2. The molecule has 0 unspecified atom stereocenters. The fourth-order valence-electron chi connectivity index (χ4n) is 4.78. The van der Waals surface area contributed by atoms with Crippen LogP contribution in [0.2, 0.25) is 0 Å². The number of carbonyl (C=O) groups is 1. The minimum absolute atomic E-state index is 0.0841. The van der Waals surface area contributed by atoms with E-state index in [1.807, 2.05) is 17.8 Å². The van der Waals surface area contributed by atoms with Gasteiger partial charge in [0, 0.05) is 58.3 Å². The van der Waals surface area contributed by atoms with E-state index in [4.69, 9.17) is 4.74 Å². The van der Waals surface area contributed by atoms with Crippen molar-refractivity contribution in [3.8, 4) is 0 Å². The lowest BCUT2D eigenvalue weighted by molar-refractivity contribution is -0.137. The molecule has 3 heterocycles. The Kier molecular flexibility index (Phi) is 5.08. The molecular weight excluding hydrogens is 316 g/mol. The molecule has 0 radical (unpaired) electrons. The molecule has 1 aromatic rings. The molecule has 138 valence electrons. The molecule has 1 aliphatic carbocycles. The maximum atomic E-state index is 13.2. The fraction of sp³-hybridized carbons (Fsp3) is 0.789. The van der Waals surface area contributed by atoms with Crippen molar-refractivity contribution in [2.75, 3.05) is 32.8 Å². The second kappa shape index (κ2) is 7.46. The number of amides is 1. The summed E-state index contributed by atoms with van der Waals surface area (Å²) in [6.07, 6.45) is 10.8. The topological polar surface area (TPSA) is 50.6 Å². The highest BCUT2D eigenvalue weighted by molar-refractivity contribution is 5.80. The zero-order chi connectivity index (χ0) is 17.2. The van der Waals surface area contributed by atoms with Gasteiger partial charge in [-0.1, -0.05) is 12.8 Å². The van der Waals surface area contributed by atoms with E-state index in [0.29, 0.717) is 6.61 Å². The summed E-state index contributed by atoms with van der Waals surface area (Å²) >= 11 is 0. The molecule has 25 heavy (non-hydrogen) atoms. The van der Waals surface area contributed by atoms with E-state index in [0.717, 1.165) is 50.9 Å². The number of ether oxygens (including phenoxy) is 1. The first kappa shape index (κ1) is 17.0. The maximum absolute atomic E-state index is 13.2. The molecule has 0 spiro atoms. The highest BCUT2D eigenvalue weighted by Crippen LogP contribution is 2.35. The van der Waals surface area contributed by atoms with Gasteiger partial charge in [0.2, 0.25) is 5.91 Å². The third kappa shape index (κ3) is 3.47. The van der Waals surface area contributed by atoms with Gasteiger partial charge in [0.1, 0.15) is 11.9 Å². The van der Waals surface area contributed by atoms with E-state index >= 15 is 0 Å². The number of imidazole rings is 1. The van der Waals surface area contributed by atoms with Crippen molar-refractivity contribution >= 4 is 5.91 Å². The Morgan fingerprint density at radius 1 is 1.12 bits per heavy atom. The molecule has 1 amide bonds. The first-order chi connectivity index (χ1) is 12.2. The van der Waals surface area contributed by atoms with Gasteiger partial charge in [0.25, 0.3) is 0 Å². The van der Waals surface area contributed by atoms with Gasteiger partial charge in [-0.2, -0.15) is 0 Å². The van der Waals surface area contributed by atoms with Crippen molar-refractivity contribution in [1.29, 1.82) is 0 Å². The Balaban J connectivity index is 1.41. The molecule has 0 N–H and O–H groups in total. The zero-order valence-electron chi connectivity index (χ0n) is 15.3. The van der Waals surface area contributed by atoms with Gasteiger partial charge in [-0.15, -0.1) is 0 Å². The third-order valence-electron chi connectivity index (χ3n) is 6.21. The summed E-state index contributed by atoms with van der Waals surface area (Å²) in [5, 5.41) is 0. The van der Waals surface area contributed by atoms with Crippen molar-refractivity contribution in [2.45, 2.75) is 50.7 Å². The first-order valence-corrected chi connectivity index (χ1v) is 9.85. The number of hydrogen-bond donors (Lipinski definition) is 0. The van der Waals surface area contributed by atoms with Crippen molar-refractivity contribution in [3.63, 3.8) is 0 Å². The minimum Gasteiger partial charge on any atom is -0.369 e. The Hall–Kier alpha value is -1.40. The van der Waals surface area contributed by atoms with Gasteiger partial charge in [-0.05, 0) is 25.7 Å². The Labute approximate surface area is 150 Å². The number of aryl methyl sites for hydroxylation is 1. The zero-order valence-corrected chi connectivity index (χ0v) is 15.3. The smallest absolute Gasteiger partial charge is 0.228 e. The lowest BCUT2D eigenvalue weighted by Gasteiger charge is -2.28. The SMILES string of the molecule is Cn1ccnc1[C@@H]1OCC[C@H]1C(=O)N1CCCN(C2CCCC2)CC1. The molecule has 6 nitrogen and oxygen atoms in total. The van der Waals surface area contributed by atoms with Gasteiger partial charge in [0.15, 0.2) is 0 Å². The minimum atomic E-state index is -0.193. The van der Waals surface area contributed by atoms with Crippen LogP contribution < -0.4 is 0 Å². The molecule has 2 atom stereocenters. The molecule has 4 rings (SSSR count). The van der Waals surface area contributed by atoms with Crippen LogP contribution in [0.1, 0.15) is 50.5 Å². The molecule has 2 saturated heterocycles. The van der Waals surface area contributed by atoms with E-state index < -0.39 is 0 Å². The lowest BCUT2D eigenvalue weighted by Crippen LogP contribution is -2.41. The van der Waals surface area contributed by atoms with Crippen LogP contribution in [0.15, 0.2) is 12.4 Å². The van der Waals surface area contributed by atoms with Crippen LogP contribution >= 0.6 is 0 Å². The normalized spacial score (nSPS) is 29.2. The van der Waals surface area contributed by atoms with Crippen molar-refractivity contribution in [3.05, 3.63) is 18.2 Å². The van der Waals surface area contributed by atoms with Crippen LogP contribution in [0, 0.1) is 5.92 Å². The highest BCUT2D eigenvalue weighted by atomic mass is 16.5. The van der Waals surface area contributed by atoms with Gasteiger partial charge >= 0.3 is 0 Å². The molecule has 0 aromatic carbocycles. The van der Waals surface area contributed by atoms with Crippen LogP contribution in [0.3, 0.4) is 0 Å². The highest BCUT2D eigenvalue weighted by Gasteiger charge is 2.40. The Bertz CT molecular complexity index is 596. The van der Waals surface area contributed by atoms with Gasteiger partial charge in [-0.3, -0.25) is 9.69 Å². The fourth-order valence-corrected chi connectivity index (χ4v) is 4.78. The van der Waals surface area contributed by atoms with Crippen molar-refractivity contribution < 1.29 is 9.53 Å². The number of carbonyl (C=O) groups excluding carboxylic acids is 1.